The van der Waals surface area contributed by atoms with Crippen LogP contribution in [-0.4, -0.2) is 23.2 Å². The molecular formula is C28H30ClN3O3S. The molecule has 0 saturated carbocycles. The molecule has 2 aromatic carbocycles. The lowest BCUT2D eigenvalue weighted by Crippen LogP contribution is -2.32. The van der Waals surface area contributed by atoms with Crippen LogP contribution < -0.4 is 10.6 Å². The summed E-state index contributed by atoms with van der Waals surface area (Å²) in [6.07, 6.45) is 0.801. The van der Waals surface area contributed by atoms with Gasteiger partial charge >= 0.3 is 5.97 Å². The van der Waals surface area contributed by atoms with Crippen LogP contribution >= 0.6 is 23.4 Å². The van der Waals surface area contributed by atoms with E-state index in [1.54, 1.807) is 52.0 Å². The molecule has 1 atom stereocenters. The van der Waals surface area contributed by atoms with Crippen LogP contribution in [0.15, 0.2) is 70.4 Å². The second-order valence-electron chi connectivity index (χ2n) is 9.35. The number of dihydropyridines is 1. The number of hydrogen-bond donors (Lipinski definition) is 2. The molecule has 3 rings (SSSR count). The number of amides is 1. The smallest absolute Gasteiger partial charge is 0.337 e. The Morgan fingerprint density at radius 2 is 1.83 bits per heavy atom. The van der Waals surface area contributed by atoms with Crippen molar-refractivity contribution in [2.75, 3.05) is 11.1 Å². The SMILES string of the molecule is CCc1ccccc1NC(=O)CSC1=C(C#N)[C@H](c2ccc(Cl)cc2)C(C(=O)OC(C)(C)C)=C(C)N1. The maximum atomic E-state index is 13.2. The van der Waals surface area contributed by atoms with E-state index in [2.05, 4.69) is 16.7 Å². The Morgan fingerprint density at radius 1 is 1.17 bits per heavy atom. The van der Waals surface area contributed by atoms with Crippen molar-refractivity contribution < 1.29 is 14.3 Å². The normalized spacial score (nSPS) is 15.8. The molecule has 1 amide bonds. The third-order valence-electron chi connectivity index (χ3n) is 5.49. The van der Waals surface area contributed by atoms with Crippen LogP contribution in [0.25, 0.3) is 0 Å². The number of nitrogens with zero attached hydrogens (tertiary/aromatic N) is 1. The van der Waals surface area contributed by atoms with Crippen LogP contribution in [0, 0.1) is 11.3 Å². The van der Waals surface area contributed by atoms with Gasteiger partial charge in [-0.25, -0.2) is 4.79 Å². The number of carbonyl (C=O) groups is 2. The molecule has 0 unspecified atom stereocenters. The van der Waals surface area contributed by atoms with E-state index in [1.165, 1.54) is 11.8 Å². The number of rotatable bonds is 7. The molecule has 1 heterocycles. The Morgan fingerprint density at radius 3 is 2.44 bits per heavy atom. The molecule has 0 spiro atoms. The second-order valence-corrected chi connectivity index (χ2v) is 10.8. The summed E-state index contributed by atoms with van der Waals surface area (Å²) in [6.45, 7) is 9.20. The van der Waals surface area contributed by atoms with Crippen molar-refractivity contribution in [3.05, 3.63) is 86.6 Å². The Labute approximate surface area is 221 Å². The number of esters is 1. The highest BCUT2D eigenvalue weighted by atomic mass is 35.5. The first-order chi connectivity index (χ1) is 17.0. The van der Waals surface area contributed by atoms with Gasteiger partial charge in [0.1, 0.15) is 5.60 Å². The minimum absolute atomic E-state index is 0.0912. The Hall–Kier alpha value is -3.21. The summed E-state index contributed by atoms with van der Waals surface area (Å²) in [5.41, 5.74) is 3.13. The Balaban J connectivity index is 1.92. The van der Waals surface area contributed by atoms with Gasteiger partial charge in [0.15, 0.2) is 0 Å². The van der Waals surface area contributed by atoms with Gasteiger partial charge < -0.3 is 15.4 Å². The monoisotopic (exact) mass is 523 g/mol. The summed E-state index contributed by atoms with van der Waals surface area (Å²) in [4.78, 5) is 26.0. The number of ether oxygens (including phenoxy) is 1. The first kappa shape index (κ1) is 27.4. The van der Waals surface area contributed by atoms with E-state index in [9.17, 15) is 14.9 Å². The fourth-order valence-corrected chi connectivity index (χ4v) is 4.91. The van der Waals surface area contributed by atoms with E-state index in [0.717, 1.165) is 23.2 Å². The van der Waals surface area contributed by atoms with Gasteiger partial charge in [-0.15, -0.1) is 0 Å². The van der Waals surface area contributed by atoms with Crippen LogP contribution in [0.5, 0.6) is 0 Å². The van der Waals surface area contributed by atoms with Gasteiger partial charge in [0, 0.05) is 16.4 Å². The maximum absolute atomic E-state index is 13.2. The molecule has 0 radical (unpaired) electrons. The second kappa shape index (κ2) is 11.7. The molecule has 1 aliphatic heterocycles. The zero-order valence-corrected chi connectivity index (χ0v) is 22.6. The molecule has 0 aromatic heterocycles. The van der Waals surface area contributed by atoms with Crippen LogP contribution in [-0.2, 0) is 20.7 Å². The zero-order chi connectivity index (χ0) is 26.5. The summed E-state index contributed by atoms with van der Waals surface area (Å²) in [6, 6.07) is 17.0. The lowest BCUT2D eigenvalue weighted by atomic mass is 9.82. The van der Waals surface area contributed by atoms with E-state index >= 15 is 0 Å². The highest BCUT2D eigenvalue weighted by Crippen LogP contribution is 2.41. The average Bonchev–Trinajstić information content (AvgIpc) is 2.82. The number of allylic oxidation sites excluding steroid dienone is 2. The molecule has 8 heteroatoms. The number of anilines is 1. The first-order valence-electron chi connectivity index (χ1n) is 11.7. The van der Waals surface area contributed by atoms with Crippen LogP contribution in [0.2, 0.25) is 5.02 Å². The number of benzene rings is 2. The van der Waals surface area contributed by atoms with Gasteiger partial charge in [0.2, 0.25) is 5.91 Å². The molecule has 0 aliphatic carbocycles. The number of para-hydroxylation sites is 1. The van der Waals surface area contributed by atoms with Crippen molar-refractivity contribution in [2.45, 2.75) is 52.6 Å². The van der Waals surface area contributed by atoms with Gasteiger partial charge in [0.25, 0.3) is 0 Å². The van der Waals surface area contributed by atoms with Crippen LogP contribution in [0.4, 0.5) is 5.69 Å². The average molecular weight is 524 g/mol. The number of nitrogens with one attached hydrogen (secondary N) is 2. The summed E-state index contributed by atoms with van der Waals surface area (Å²) < 4.78 is 5.67. The van der Waals surface area contributed by atoms with Crippen LogP contribution in [0.1, 0.15) is 51.7 Å². The van der Waals surface area contributed by atoms with Crippen molar-refractivity contribution >= 4 is 40.9 Å². The molecule has 6 nitrogen and oxygen atoms in total. The number of nitriles is 1. The summed E-state index contributed by atoms with van der Waals surface area (Å²) >= 11 is 7.32. The number of hydrogen-bond acceptors (Lipinski definition) is 6. The van der Waals surface area contributed by atoms with Crippen molar-refractivity contribution in [3.63, 3.8) is 0 Å². The van der Waals surface area contributed by atoms with Crippen molar-refractivity contribution in [1.82, 2.24) is 5.32 Å². The summed E-state index contributed by atoms with van der Waals surface area (Å²) in [7, 11) is 0. The molecule has 2 aromatic rings. The third-order valence-corrected chi connectivity index (χ3v) is 6.76. The summed E-state index contributed by atoms with van der Waals surface area (Å²) in [5, 5.41) is 17.4. The highest BCUT2D eigenvalue weighted by Gasteiger charge is 2.37. The molecule has 36 heavy (non-hydrogen) atoms. The quantitative estimate of drug-likeness (QED) is 0.413. The molecule has 0 fully saturated rings. The minimum atomic E-state index is -0.701. The lowest BCUT2D eigenvalue weighted by Gasteiger charge is -2.31. The van der Waals surface area contributed by atoms with Gasteiger partial charge in [-0.05, 0) is 63.4 Å². The maximum Gasteiger partial charge on any atom is 0.337 e. The van der Waals surface area contributed by atoms with Crippen molar-refractivity contribution in [1.29, 1.82) is 5.26 Å². The van der Waals surface area contributed by atoms with Gasteiger partial charge in [-0.3, -0.25) is 4.79 Å². The number of aryl methyl sites for hydroxylation is 1. The molecule has 0 saturated heterocycles. The van der Waals surface area contributed by atoms with E-state index in [-0.39, 0.29) is 11.7 Å². The predicted molar refractivity (Wildman–Crippen MR) is 145 cm³/mol. The van der Waals surface area contributed by atoms with Crippen molar-refractivity contribution in [3.8, 4) is 6.07 Å². The van der Waals surface area contributed by atoms with Gasteiger partial charge in [-0.1, -0.05) is 60.6 Å². The number of thioether (sulfide) groups is 1. The fourth-order valence-electron chi connectivity index (χ4n) is 3.89. The third kappa shape index (κ3) is 6.71. The van der Waals surface area contributed by atoms with E-state index in [1.807, 2.05) is 31.2 Å². The molecular weight excluding hydrogens is 494 g/mol. The standard InChI is InChI=1S/C28H30ClN3O3S/c1-6-18-9-7-8-10-22(18)32-23(33)16-36-26-21(15-30)25(19-11-13-20(29)14-12-19)24(17(2)31-26)27(34)35-28(3,4)5/h7-14,25,31H,6,16H2,1-5H3,(H,32,33)/t25-/m0/s1. The number of halogens is 1. The first-order valence-corrected chi connectivity index (χ1v) is 13.0. The van der Waals surface area contributed by atoms with Gasteiger partial charge in [-0.2, -0.15) is 5.26 Å². The molecule has 188 valence electrons. The molecule has 2 N–H and O–H groups in total. The lowest BCUT2D eigenvalue weighted by molar-refractivity contribution is -0.150. The molecule has 1 aliphatic rings. The van der Waals surface area contributed by atoms with Crippen LogP contribution in [0.3, 0.4) is 0 Å². The van der Waals surface area contributed by atoms with Crippen molar-refractivity contribution in [2.24, 2.45) is 0 Å². The largest absolute Gasteiger partial charge is 0.457 e. The number of carbonyl (C=O) groups excluding carboxylic acids is 2. The predicted octanol–water partition coefficient (Wildman–Crippen LogP) is 6.31. The van der Waals surface area contributed by atoms with E-state index in [4.69, 9.17) is 16.3 Å². The zero-order valence-electron chi connectivity index (χ0n) is 21.1. The Kier molecular flexibility index (Phi) is 8.89. The highest BCUT2D eigenvalue weighted by molar-refractivity contribution is 8.03. The van der Waals surface area contributed by atoms with E-state index in [0.29, 0.717) is 26.9 Å². The minimum Gasteiger partial charge on any atom is -0.457 e. The molecule has 0 bridgehead atoms. The van der Waals surface area contributed by atoms with Gasteiger partial charge in [0.05, 0.1) is 33.9 Å². The summed E-state index contributed by atoms with van der Waals surface area (Å²) in [5.74, 6) is -1.25. The topological polar surface area (TPSA) is 91.2 Å². The van der Waals surface area contributed by atoms with E-state index < -0.39 is 17.5 Å². The fraction of sp³-hybridized carbons (Fsp3) is 0.321. The Bertz CT molecular complexity index is 1250.